The van der Waals surface area contributed by atoms with Crippen LogP contribution in [0.5, 0.6) is 5.75 Å². The van der Waals surface area contributed by atoms with Gasteiger partial charge in [0.2, 0.25) is 0 Å². The van der Waals surface area contributed by atoms with E-state index in [-0.39, 0.29) is 18.6 Å². The Morgan fingerprint density at radius 3 is 2.92 bits per heavy atom. The fraction of sp³-hybridized carbons (Fsp3) is 0.278. The molecule has 3 aromatic rings. The van der Waals surface area contributed by atoms with Gasteiger partial charge in [-0.05, 0) is 31.5 Å². The number of ether oxygens (including phenoxy) is 1. The number of hydrogen-bond acceptors (Lipinski definition) is 5. The molecule has 1 amide bonds. The zero-order valence-corrected chi connectivity index (χ0v) is 14.1. The Balaban J connectivity index is 1.64. The molecule has 0 radical (unpaired) electrons. The molecule has 0 bridgehead atoms. The molecule has 0 saturated carbocycles. The number of carbonyl (C=O) groups is 1. The summed E-state index contributed by atoms with van der Waals surface area (Å²) in [5.41, 5.74) is -0.0130. The van der Waals surface area contributed by atoms with E-state index in [2.05, 4.69) is 17.3 Å². The van der Waals surface area contributed by atoms with E-state index in [0.717, 1.165) is 11.8 Å². The first-order valence-electron chi connectivity index (χ1n) is 8.07. The molecule has 1 unspecified atom stereocenters. The third-order valence-corrected chi connectivity index (χ3v) is 3.91. The van der Waals surface area contributed by atoms with Gasteiger partial charge in [-0.1, -0.05) is 6.92 Å². The summed E-state index contributed by atoms with van der Waals surface area (Å²) in [4.78, 5) is 23.4. The minimum absolute atomic E-state index is 0.158. The van der Waals surface area contributed by atoms with Crippen LogP contribution in [0.1, 0.15) is 26.3 Å². The van der Waals surface area contributed by atoms with Gasteiger partial charge in [0.05, 0.1) is 12.2 Å². The molecular weight excluding hydrogens is 322 g/mol. The lowest BCUT2D eigenvalue weighted by Gasteiger charge is -2.14. The van der Waals surface area contributed by atoms with Crippen LogP contribution in [0.4, 0.5) is 5.82 Å². The Bertz CT molecular complexity index is 945. The maximum absolute atomic E-state index is 12.1. The zero-order chi connectivity index (χ0) is 17.8. The number of amides is 1. The fourth-order valence-corrected chi connectivity index (χ4v) is 2.40. The number of rotatable bonds is 6. The first-order chi connectivity index (χ1) is 12.1. The van der Waals surface area contributed by atoms with Crippen molar-refractivity contribution in [3.63, 3.8) is 0 Å². The average Bonchev–Trinajstić information content (AvgIpc) is 3.07. The van der Waals surface area contributed by atoms with Gasteiger partial charge in [0.15, 0.2) is 6.61 Å². The molecular formula is C18H19N3O4. The number of carbonyl (C=O) groups excluding carboxylic acids is 1. The molecule has 0 aliphatic carbocycles. The SMILES string of the molecule is CCC(C)n1nccc1NC(=O)COc1ccc2ccc(=O)oc2c1. The van der Waals surface area contributed by atoms with E-state index in [9.17, 15) is 9.59 Å². The molecule has 0 aliphatic heterocycles. The van der Waals surface area contributed by atoms with Crippen molar-refractivity contribution in [2.24, 2.45) is 0 Å². The van der Waals surface area contributed by atoms with E-state index in [1.807, 2.05) is 6.92 Å². The van der Waals surface area contributed by atoms with E-state index in [4.69, 9.17) is 9.15 Å². The highest BCUT2D eigenvalue weighted by molar-refractivity contribution is 5.91. The lowest BCUT2D eigenvalue weighted by Crippen LogP contribution is -2.22. The van der Waals surface area contributed by atoms with Crippen molar-refractivity contribution in [2.75, 3.05) is 11.9 Å². The Kier molecular flexibility index (Phi) is 4.83. The molecule has 1 atom stereocenters. The van der Waals surface area contributed by atoms with Crippen molar-refractivity contribution in [3.8, 4) is 5.75 Å². The van der Waals surface area contributed by atoms with Crippen molar-refractivity contribution >= 4 is 22.7 Å². The van der Waals surface area contributed by atoms with Crippen LogP contribution in [0.3, 0.4) is 0 Å². The summed E-state index contributed by atoms with van der Waals surface area (Å²) in [5.74, 6) is 0.791. The summed E-state index contributed by atoms with van der Waals surface area (Å²) in [7, 11) is 0. The molecule has 1 N–H and O–H groups in total. The number of nitrogens with one attached hydrogen (secondary N) is 1. The fourth-order valence-electron chi connectivity index (χ4n) is 2.40. The van der Waals surface area contributed by atoms with Gasteiger partial charge in [-0.25, -0.2) is 9.48 Å². The molecule has 0 saturated heterocycles. The Hall–Kier alpha value is -3.09. The van der Waals surface area contributed by atoms with Gasteiger partial charge >= 0.3 is 5.63 Å². The van der Waals surface area contributed by atoms with Crippen LogP contribution in [-0.4, -0.2) is 22.3 Å². The van der Waals surface area contributed by atoms with Gasteiger partial charge < -0.3 is 14.5 Å². The van der Waals surface area contributed by atoms with E-state index >= 15 is 0 Å². The molecule has 2 aromatic heterocycles. The Morgan fingerprint density at radius 1 is 1.32 bits per heavy atom. The van der Waals surface area contributed by atoms with Crippen LogP contribution in [0.15, 0.2) is 51.8 Å². The van der Waals surface area contributed by atoms with E-state index in [1.54, 1.807) is 41.2 Å². The predicted molar refractivity (Wildman–Crippen MR) is 93.8 cm³/mol. The molecule has 7 heteroatoms. The topological polar surface area (TPSA) is 86.4 Å². The van der Waals surface area contributed by atoms with Gasteiger partial charge in [0, 0.05) is 23.6 Å². The predicted octanol–water partition coefficient (Wildman–Crippen LogP) is 2.98. The monoisotopic (exact) mass is 341 g/mol. The Labute approximate surface area is 144 Å². The maximum Gasteiger partial charge on any atom is 0.336 e. The first kappa shape index (κ1) is 16.8. The summed E-state index contributed by atoms with van der Waals surface area (Å²) >= 11 is 0. The maximum atomic E-state index is 12.1. The van der Waals surface area contributed by atoms with Crippen LogP contribution < -0.4 is 15.7 Å². The van der Waals surface area contributed by atoms with Gasteiger partial charge in [-0.15, -0.1) is 0 Å². The van der Waals surface area contributed by atoms with Crippen LogP contribution in [0, 0.1) is 0 Å². The van der Waals surface area contributed by atoms with Crippen molar-refractivity contribution in [1.82, 2.24) is 9.78 Å². The first-order valence-corrected chi connectivity index (χ1v) is 8.07. The highest BCUT2D eigenvalue weighted by Crippen LogP contribution is 2.20. The third kappa shape index (κ3) is 3.88. The molecule has 0 spiro atoms. The second-order valence-corrected chi connectivity index (χ2v) is 5.71. The number of anilines is 1. The number of fused-ring (bicyclic) bond motifs is 1. The lowest BCUT2D eigenvalue weighted by molar-refractivity contribution is -0.118. The number of nitrogens with zero attached hydrogens (tertiary/aromatic N) is 2. The van der Waals surface area contributed by atoms with Crippen molar-refractivity contribution in [2.45, 2.75) is 26.3 Å². The van der Waals surface area contributed by atoms with Crippen LogP contribution in [0.2, 0.25) is 0 Å². The normalized spacial score (nSPS) is 12.1. The number of hydrogen-bond donors (Lipinski definition) is 1. The van der Waals surface area contributed by atoms with Crippen LogP contribution in [0.25, 0.3) is 11.0 Å². The minimum atomic E-state index is -0.430. The molecule has 25 heavy (non-hydrogen) atoms. The van der Waals surface area contributed by atoms with E-state index < -0.39 is 5.63 Å². The molecule has 0 fully saturated rings. The van der Waals surface area contributed by atoms with Gasteiger partial charge in [-0.2, -0.15) is 5.10 Å². The van der Waals surface area contributed by atoms with Gasteiger partial charge in [0.1, 0.15) is 17.2 Å². The molecule has 7 nitrogen and oxygen atoms in total. The van der Waals surface area contributed by atoms with Crippen molar-refractivity contribution in [1.29, 1.82) is 0 Å². The summed E-state index contributed by atoms with van der Waals surface area (Å²) in [5, 5.41) is 7.79. The van der Waals surface area contributed by atoms with E-state index in [0.29, 0.717) is 17.2 Å². The standard InChI is InChI=1S/C18H19N3O4/c1-3-12(2)21-16(8-9-19-21)20-17(22)11-24-14-6-4-13-5-7-18(23)25-15(13)10-14/h4-10,12H,3,11H2,1-2H3,(H,20,22). The summed E-state index contributed by atoms with van der Waals surface area (Å²) in [6.07, 6.45) is 2.55. The lowest BCUT2D eigenvalue weighted by atomic mass is 10.2. The second-order valence-electron chi connectivity index (χ2n) is 5.71. The number of aromatic nitrogens is 2. The van der Waals surface area contributed by atoms with Gasteiger partial charge in [-0.3, -0.25) is 4.79 Å². The van der Waals surface area contributed by atoms with Crippen LogP contribution >= 0.6 is 0 Å². The van der Waals surface area contributed by atoms with Gasteiger partial charge in [0.25, 0.3) is 5.91 Å². The number of benzene rings is 1. The zero-order valence-electron chi connectivity index (χ0n) is 14.1. The highest BCUT2D eigenvalue weighted by atomic mass is 16.5. The Morgan fingerprint density at radius 2 is 2.12 bits per heavy atom. The molecule has 3 rings (SSSR count). The molecule has 130 valence electrons. The molecule has 0 aliphatic rings. The molecule has 2 heterocycles. The highest BCUT2D eigenvalue weighted by Gasteiger charge is 2.12. The summed E-state index contributed by atoms with van der Waals surface area (Å²) < 4.78 is 12.4. The third-order valence-electron chi connectivity index (χ3n) is 3.91. The second kappa shape index (κ2) is 7.21. The van der Waals surface area contributed by atoms with Crippen LogP contribution in [-0.2, 0) is 4.79 Å². The van der Waals surface area contributed by atoms with E-state index in [1.165, 1.54) is 6.07 Å². The molecule has 1 aromatic carbocycles. The largest absolute Gasteiger partial charge is 0.484 e. The summed E-state index contributed by atoms with van der Waals surface area (Å²) in [6, 6.07) is 10.0. The average molecular weight is 341 g/mol. The van der Waals surface area contributed by atoms with Crippen molar-refractivity contribution in [3.05, 3.63) is 53.0 Å². The summed E-state index contributed by atoms with van der Waals surface area (Å²) in [6.45, 7) is 3.93. The quantitative estimate of drug-likeness (QED) is 0.697. The smallest absolute Gasteiger partial charge is 0.336 e. The minimum Gasteiger partial charge on any atom is -0.484 e. The van der Waals surface area contributed by atoms with Crippen molar-refractivity contribution < 1.29 is 13.9 Å².